The second-order valence-electron chi connectivity index (χ2n) is 18.6. The average Bonchev–Trinajstić information content (AvgIpc) is 3.90. The molecule has 7 rings (SSSR count). The van der Waals surface area contributed by atoms with Gasteiger partial charge in [-0.1, -0.05) is 122 Å². The highest BCUT2D eigenvalue weighted by Gasteiger charge is 2.52. The first-order valence-electron chi connectivity index (χ1n) is 23.1. The van der Waals surface area contributed by atoms with Crippen LogP contribution in [0.3, 0.4) is 0 Å². The van der Waals surface area contributed by atoms with Gasteiger partial charge in [0.05, 0.1) is 52.4 Å². The highest BCUT2D eigenvalue weighted by Crippen LogP contribution is 2.52. The molecule has 6 atom stereocenters. The van der Waals surface area contributed by atoms with Gasteiger partial charge in [0.25, 0.3) is 8.53 Å². The van der Waals surface area contributed by atoms with Crippen molar-refractivity contribution in [2.45, 2.75) is 116 Å². The molecular formula is C52H65N6O7PSi. The van der Waals surface area contributed by atoms with Crippen LogP contribution in [0.4, 0.5) is 0 Å². The lowest BCUT2D eigenvalue weighted by Crippen LogP contribution is -2.43. The minimum Gasteiger partial charge on any atom is -0.497 e. The molecule has 0 bridgehead atoms. The van der Waals surface area contributed by atoms with E-state index >= 15 is 0 Å². The van der Waals surface area contributed by atoms with Crippen molar-refractivity contribution in [1.29, 1.82) is 5.26 Å². The molecule has 1 saturated heterocycles. The predicted molar refractivity (Wildman–Crippen MR) is 264 cm³/mol. The summed E-state index contributed by atoms with van der Waals surface area (Å²) in [5.41, 5.74) is 4.82. The van der Waals surface area contributed by atoms with Crippen LogP contribution in [0.15, 0.2) is 122 Å². The zero-order valence-corrected chi connectivity index (χ0v) is 42.1. The zero-order valence-electron chi connectivity index (χ0n) is 40.2. The number of benzene rings is 4. The Kier molecular flexibility index (Phi) is 17.0. The van der Waals surface area contributed by atoms with E-state index in [1.807, 2.05) is 65.2 Å². The summed E-state index contributed by atoms with van der Waals surface area (Å²) >= 11 is 0. The minimum atomic E-state index is -1.77. The van der Waals surface area contributed by atoms with E-state index in [9.17, 15) is 5.26 Å². The Labute approximate surface area is 398 Å². The predicted octanol–water partition coefficient (Wildman–Crippen LogP) is 11.0. The van der Waals surface area contributed by atoms with Crippen molar-refractivity contribution in [2.75, 3.05) is 26.9 Å². The third-order valence-electron chi connectivity index (χ3n) is 11.7. The summed E-state index contributed by atoms with van der Waals surface area (Å²) in [4.78, 5) is 14.1. The van der Waals surface area contributed by atoms with E-state index in [4.69, 9.17) is 42.7 Å². The summed E-state index contributed by atoms with van der Waals surface area (Å²) < 4.78 is 51.8. The van der Waals surface area contributed by atoms with Gasteiger partial charge < -0.3 is 32.7 Å². The number of nitrogens with zero attached hydrogens (tertiary/aromatic N) is 6. The number of rotatable bonds is 23. The normalized spacial score (nSPS) is 18.9. The summed E-state index contributed by atoms with van der Waals surface area (Å²) in [5, 5.41) is 9.62. The van der Waals surface area contributed by atoms with Crippen molar-refractivity contribution in [3.05, 3.63) is 150 Å². The minimum absolute atomic E-state index is 0.0423. The summed E-state index contributed by atoms with van der Waals surface area (Å²) in [6.45, 7) is 18.5. The van der Waals surface area contributed by atoms with Crippen molar-refractivity contribution in [3.63, 3.8) is 0 Å². The molecule has 0 aliphatic carbocycles. The monoisotopic (exact) mass is 944 g/mol. The molecule has 13 nitrogen and oxygen atoms in total. The molecule has 3 heterocycles. The van der Waals surface area contributed by atoms with Crippen LogP contribution >= 0.6 is 8.53 Å². The lowest BCUT2D eigenvalue weighted by molar-refractivity contribution is -0.0963. The fraction of sp³-hybridized carbons (Fsp3) is 0.423. The van der Waals surface area contributed by atoms with Gasteiger partial charge in [-0.25, -0.2) is 14.6 Å². The molecule has 0 radical (unpaired) electrons. The molecule has 2 aromatic heterocycles. The summed E-state index contributed by atoms with van der Waals surface area (Å²) in [7, 11) is -1.49. The number of aryl methyl sites for hydroxylation is 1. The topological polar surface area (TPSA) is 135 Å². The smallest absolute Gasteiger partial charge is 0.259 e. The Hall–Kier alpha value is -5.07. The number of aromatic nitrogens is 4. The maximum Gasteiger partial charge on any atom is 0.259 e. The van der Waals surface area contributed by atoms with Crippen LogP contribution in [-0.4, -0.2) is 89.6 Å². The second-order valence-corrected chi connectivity index (χ2v) is 25.6. The van der Waals surface area contributed by atoms with Gasteiger partial charge in [0, 0.05) is 20.2 Å². The summed E-state index contributed by atoms with van der Waals surface area (Å²) in [6.07, 6.45) is 0.376. The quantitative estimate of drug-likeness (QED) is 0.0262. The van der Waals surface area contributed by atoms with Crippen LogP contribution in [0.2, 0.25) is 25.7 Å². The molecule has 0 saturated carbocycles. The van der Waals surface area contributed by atoms with E-state index in [1.165, 1.54) is 6.33 Å². The lowest BCUT2D eigenvalue weighted by atomic mass is 9.79. The largest absolute Gasteiger partial charge is 0.497 e. The fourth-order valence-corrected chi connectivity index (χ4v) is 10.8. The summed E-state index contributed by atoms with van der Waals surface area (Å²) in [6, 6.07) is 40.0. The molecule has 6 aromatic rings. The number of hydrogen-bond donors (Lipinski definition) is 0. The Morgan fingerprint density at radius 1 is 0.821 bits per heavy atom. The van der Waals surface area contributed by atoms with Gasteiger partial charge in [-0.3, -0.25) is 4.57 Å². The average molecular weight is 945 g/mol. The number of imidazole rings is 1. The molecule has 67 heavy (non-hydrogen) atoms. The first kappa shape index (κ1) is 49.8. The molecule has 1 fully saturated rings. The first-order chi connectivity index (χ1) is 32.3. The third-order valence-corrected chi connectivity index (χ3v) is 15.6. The standard InChI is InChI=1S/C52H65N6O7PSi/c1-37(2)58(38(3)4)66(63-30-16-29-53)65-47-45(34-62-52(41-19-14-11-15-20-41,42-23-21-39(5)22-24-42)43-25-27-44(59-6)28-26-43)64-51(48(47)61-33-40-17-12-10-13-18-40)57-36-56-46-49(57)54-35-55-50(46)60-31-32-67(7,8)9/h10-15,17-28,35-38,45,47-48,51H,16,30-34H2,1-9H3/t45-,47-,48+,51-,52?,66?/m1/s1. The number of ether oxygens (including phenoxy) is 5. The van der Waals surface area contributed by atoms with Gasteiger partial charge in [-0.15, -0.1) is 0 Å². The molecule has 0 spiro atoms. The molecule has 1 aliphatic rings. The molecule has 0 amide bonds. The number of nitriles is 1. The van der Waals surface area contributed by atoms with Crippen molar-refractivity contribution in [3.8, 4) is 17.7 Å². The second kappa shape index (κ2) is 22.8. The van der Waals surface area contributed by atoms with Crippen molar-refractivity contribution in [1.82, 2.24) is 24.2 Å². The Morgan fingerprint density at radius 3 is 2.09 bits per heavy atom. The van der Waals surface area contributed by atoms with Gasteiger partial charge in [0.1, 0.15) is 36.0 Å². The van der Waals surface area contributed by atoms with Crippen molar-refractivity contribution in [2.24, 2.45) is 0 Å². The van der Waals surface area contributed by atoms with Crippen molar-refractivity contribution < 1.29 is 32.7 Å². The summed E-state index contributed by atoms with van der Waals surface area (Å²) in [5.74, 6) is 1.15. The Balaban J connectivity index is 1.37. The van der Waals surface area contributed by atoms with Gasteiger partial charge >= 0.3 is 0 Å². The van der Waals surface area contributed by atoms with Crippen LogP contribution < -0.4 is 9.47 Å². The molecule has 4 aromatic carbocycles. The molecule has 0 N–H and O–H groups in total. The van der Waals surface area contributed by atoms with Crippen LogP contribution in [0.5, 0.6) is 11.6 Å². The van der Waals surface area contributed by atoms with Crippen molar-refractivity contribution >= 4 is 27.8 Å². The number of hydrogen-bond acceptors (Lipinski definition) is 12. The van der Waals surface area contributed by atoms with E-state index < -0.39 is 46.7 Å². The van der Waals surface area contributed by atoms with E-state index in [2.05, 4.69) is 119 Å². The van der Waals surface area contributed by atoms with Crippen LogP contribution in [0, 0.1) is 18.3 Å². The van der Waals surface area contributed by atoms with E-state index in [0.29, 0.717) is 23.7 Å². The zero-order chi connectivity index (χ0) is 47.6. The maximum atomic E-state index is 9.62. The third kappa shape index (κ3) is 12.0. The van der Waals surface area contributed by atoms with E-state index in [0.717, 1.165) is 39.6 Å². The Bertz CT molecular complexity index is 2500. The number of fused-ring (bicyclic) bond motifs is 1. The van der Waals surface area contributed by atoms with E-state index in [-0.39, 0.29) is 38.3 Å². The SMILES string of the molecule is COc1ccc(C(OC[C@H]2O[C@@H](n3cnc4c(OCC[Si](C)(C)C)ncnc43)[C@@H](OCc3ccccc3)[C@@H]2OP(OCCC#N)N(C(C)C)C(C)C)(c2ccccc2)c2ccc(C)cc2)cc1. The lowest BCUT2D eigenvalue weighted by Gasteiger charge is -2.39. The molecule has 1 aliphatic heterocycles. The highest BCUT2D eigenvalue weighted by atomic mass is 31.2. The van der Waals surface area contributed by atoms with Crippen LogP contribution in [0.1, 0.15) is 68.2 Å². The molecule has 2 unspecified atom stereocenters. The highest BCUT2D eigenvalue weighted by molar-refractivity contribution is 7.44. The van der Waals surface area contributed by atoms with Gasteiger partial charge in [0.15, 0.2) is 17.4 Å². The van der Waals surface area contributed by atoms with Crippen LogP contribution in [0.25, 0.3) is 11.2 Å². The Morgan fingerprint density at radius 2 is 1.46 bits per heavy atom. The first-order valence-corrected chi connectivity index (χ1v) is 27.9. The van der Waals surface area contributed by atoms with Gasteiger partial charge in [0.2, 0.25) is 5.88 Å². The molecule has 354 valence electrons. The van der Waals surface area contributed by atoms with Crippen LogP contribution in [-0.2, 0) is 35.5 Å². The molecule has 15 heteroatoms. The van der Waals surface area contributed by atoms with Gasteiger partial charge in [-0.2, -0.15) is 10.2 Å². The molecular weight excluding hydrogens is 880 g/mol. The fourth-order valence-electron chi connectivity index (χ4n) is 8.36. The van der Waals surface area contributed by atoms with E-state index in [1.54, 1.807) is 13.4 Å². The number of methoxy groups -OCH3 is 1. The maximum absolute atomic E-state index is 9.62. The van der Waals surface area contributed by atoms with Gasteiger partial charge in [-0.05, 0) is 75.0 Å².